The van der Waals surface area contributed by atoms with E-state index in [9.17, 15) is 4.79 Å². The summed E-state index contributed by atoms with van der Waals surface area (Å²) >= 11 is 0. The van der Waals surface area contributed by atoms with Crippen LogP contribution in [0.25, 0.3) is 6.08 Å². The van der Waals surface area contributed by atoms with Crippen LogP contribution in [-0.2, 0) is 4.79 Å². The van der Waals surface area contributed by atoms with E-state index >= 15 is 0 Å². The van der Waals surface area contributed by atoms with Crippen LogP contribution in [0.5, 0.6) is 5.75 Å². The molecule has 0 spiro atoms. The maximum atomic E-state index is 11.1. The highest BCUT2D eigenvalue weighted by Crippen LogP contribution is 2.39. The second-order valence-corrected chi connectivity index (χ2v) is 5.55. The zero-order chi connectivity index (χ0) is 13.4. The molecule has 1 aliphatic carbocycles. The van der Waals surface area contributed by atoms with E-state index < -0.39 is 0 Å². The highest BCUT2D eigenvalue weighted by Gasteiger charge is 2.24. The minimum absolute atomic E-state index is 0.477. The van der Waals surface area contributed by atoms with Gasteiger partial charge in [-0.05, 0) is 48.5 Å². The summed E-state index contributed by atoms with van der Waals surface area (Å²) in [6.45, 7) is 4.34. The topological polar surface area (TPSA) is 26.3 Å². The van der Waals surface area contributed by atoms with E-state index in [1.165, 1.54) is 5.56 Å². The Kier molecular flexibility index (Phi) is 3.02. The molecular weight excluding hydrogens is 236 g/mol. The highest BCUT2D eigenvalue weighted by atomic mass is 16.5. The number of carbonyl (C=O) groups excluding carboxylic acids is 1. The SMILES string of the molecule is CC(C)c1ccc2c(c1)OC1=C(C=O)CCCC1=C2. The molecule has 2 nitrogen and oxygen atoms in total. The van der Waals surface area contributed by atoms with Crippen molar-refractivity contribution < 1.29 is 9.53 Å². The first-order valence-electron chi connectivity index (χ1n) is 6.90. The molecule has 3 rings (SSSR count). The number of ether oxygens (including phenoxy) is 1. The number of aldehydes is 1. The molecule has 0 saturated heterocycles. The van der Waals surface area contributed by atoms with Gasteiger partial charge in [-0.3, -0.25) is 4.79 Å². The van der Waals surface area contributed by atoms with Gasteiger partial charge in [0, 0.05) is 11.1 Å². The Morgan fingerprint density at radius 3 is 2.84 bits per heavy atom. The molecule has 1 aromatic carbocycles. The van der Waals surface area contributed by atoms with Crippen molar-refractivity contribution in [1.29, 1.82) is 0 Å². The monoisotopic (exact) mass is 254 g/mol. The fourth-order valence-corrected chi connectivity index (χ4v) is 2.70. The van der Waals surface area contributed by atoms with E-state index in [1.807, 2.05) is 0 Å². The van der Waals surface area contributed by atoms with Gasteiger partial charge in [-0.1, -0.05) is 26.0 Å². The van der Waals surface area contributed by atoms with Crippen molar-refractivity contribution >= 4 is 12.4 Å². The third-order valence-corrected chi connectivity index (χ3v) is 3.86. The molecule has 0 aromatic heterocycles. The van der Waals surface area contributed by atoms with E-state index in [0.717, 1.165) is 53.8 Å². The molecule has 0 N–H and O–H groups in total. The fraction of sp³-hybridized carbons (Fsp3) is 0.353. The quantitative estimate of drug-likeness (QED) is 0.738. The first kappa shape index (κ1) is 12.2. The van der Waals surface area contributed by atoms with Crippen molar-refractivity contribution in [1.82, 2.24) is 0 Å². The highest BCUT2D eigenvalue weighted by molar-refractivity contribution is 5.79. The van der Waals surface area contributed by atoms with Gasteiger partial charge in [-0.25, -0.2) is 0 Å². The lowest BCUT2D eigenvalue weighted by atomic mass is 9.90. The van der Waals surface area contributed by atoms with Crippen LogP contribution >= 0.6 is 0 Å². The Labute approximate surface area is 113 Å². The molecule has 1 heterocycles. The largest absolute Gasteiger partial charge is 0.456 e. The Balaban J connectivity index is 2.09. The maximum absolute atomic E-state index is 11.1. The number of benzene rings is 1. The van der Waals surface area contributed by atoms with Gasteiger partial charge in [0.15, 0.2) is 0 Å². The molecule has 0 radical (unpaired) electrons. The minimum atomic E-state index is 0.477. The average Bonchev–Trinajstić information content (AvgIpc) is 2.43. The summed E-state index contributed by atoms with van der Waals surface area (Å²) in [5.41, 5.74) is 4.35. The lowest BCUT2D eigenvalue weighted by Gasteiger charge is -2.26. The number of rotatable bonds is 2. The molecular formula is C17H18O2. The molecule has 0 saturated carbocycles. The summed E-state index contributed by atoms with van der Waals surface area (Å²) in [6, 6.07) is 6.36. The summed E-state index contributed by atoms with van der Waals surface area (Å²) in [5, 5.41) is 0. The van der Waals surface area contributed by atoms with E-state index in [2.05, 4.69) is 38.1 Å². The molecule has 2 aliphatic rings. The Morgan fingerprint density at radius 2 is 2.11 bits per heavy atom. The average molecular weight is 254 g/mol. The molecule has 98 valence electrons. The molecule has 19 heavy (non-hydrogen) atoms. The Bertz CT molecular complexity index is 591. The van der Waals surface area contributed by atoms with Gasteiger partial charge in [0.05, 0.1) is 0 Å². The van der Waals surface area contributed by atoms with Gasteiger partial charge < -0.3 is 4.74 Å². The number of hydrogen-bond acceptors (Lipinski definition) is 2. The van der Waals surface area contributed by atoms with Crippen LogP contribution in [0.3, 0.4) is 0 Å². The summed E-state index contributed by atoms with van der Waals surface area (Å²) in [7, 11) is 0. The van der Waals surface area contributed by atoms with Crippen LogP contribution in [0, 0.1) is 0 Å². The van der Waals surface area contributed by atoms with Gasteiger partial charge in [0.2, 0.25) is 0 Å². The third-order valence-electron chi connectivity index (χ3n) is 3.86. The predicted octanol–water partition coefficient (Wildman–Crippen LogP) is 4.22. The number of allylic oxidation sites excluding steroid dienone is 2. The van der Waals surface area contributed by atoms with E-state index in [4.69, 9.17) is 4.74 Å². The number of carbonyl (C=O) groups is 1. The summed E-state index contributed by atoms with van der Waals surface area (Å²) in [5.74, 6) is 2.16. The normalized spacial score (nSPS) is 17.5. The van der Waals surface area contributed by atoms with E-state index in [-0.39, 0.29) is 0 Å². The molecule has 0 bridgehead atoms. The van der Waals surface area contributed by atoms with Crippen LogP contribution in [0.4, 0.5) is 0 Å². The number of hydrogen-bond donors (Lipinski definition) is 0. The minimum Gasteiger partial charge on any atom is -0.456 e. The Hall–Kier alpha value is -1.83. The van der Waals surface area contributed by atoms with Crippen molar-refractivity contribution in [3.63, 3.8) is 0 Å². The third kappa shape index (κ3) is 2.12. The standard InChI is InChI=1S/C17H18O2/c1-11(2)12-6-7-13-8-14-4-3-5-15(10-18)17(14)19-16(13)9-12/h6-11H,3-5H2,1-2H3. The van der Waals surface area contributed by atoms with Crippen LogP contribution in [-0.4, -0.2) is 6.29 Å². The summed E-state index contributed by atoms with van der Waals surface area (Å²) in [6.07, 6.45) is 5.97. The van der Waals surface area contributed by atoms with Gasteiger partial charge in [-0.2, -0.15) is 0 Å². The van der Waals surface area contributed by atoms with E-state index in [1.54, 1.807) is 0 Å². The predicted molar refractivity (Wildman–Crippen MR) is 76.1 cm³/mol. The van der Waals surface area contributed by atoms with Gasteiger partial charge >= 0.3 is 0 Å². The fourth-order valence-electron chi connectivity index (χ4n) is 2.70. The molecule has 0 amide bonds. The zero-order valence-corrected chi connectivity index (χ0v) is 11.4. The van der Waals surface area contributed by atoms with Crippen molar-refractivity contribution in [3.8, 4) is 5.75 Å². The second kappa shape index (κ2) is 4.69. The van der Waals surface area contributed by atoms with Crippen molar-refractivity contribution in [3.05, 3.63) is 46.2 Å². The van der Waals surface area contributed by atoms with Crippen LogP contribution in [0.2, 0.25) is 0 Å². The van der Waals surface area contributed by atoms with Crippen LogP contribution in [0.15, 0.2) is 35.1 Å². The maximum Gasteiger partial charge on any atom is 0.149 e. The van der Waals surface area contributed by atoms with Crippen molar-refractivity contribution in [2.24, 2.45) is 0 Å². The van der Waals surface area contributed by atoms with E-state index in [0.29, 0.717) is 5.92 Å². The van der Waals surface area contributed by atoms with Crippen molar-refractivity contribution in [2.45, 2.75) is 39.0 Å². The lowest BCUT2D eigenvalue weighted by Crippen LogP contribution is -2.13. The van der Waals surface area contributed by atoms with Crippen LogP contribution < -0.4 is 4.74 Å². The smallest absolute Gasteiger partial charge is 0.149 e. The molecule has 1 aliphatic heterocycles. The second-order valence-electron chi connectivity index (χ2n) is 5.55. The lowest BCUT2D eigenvalue weighted by molar-refractivity contribution is -0.105. The Morgan fingerprint density at radius 1 is 1.26 bits per heavy atom. The van der Waals surface area contributed by atoms with Gasteiger partial charge in [0.1, 0.15) is 17.8 Å². The molecule has 2 heteroatoms. The number of fused-ring (bicyclic) bond motifs is 2. The zero-order valence-electron chi connectivity index (χ0n) is 11.4. The molecule has 1 aromatic rings. The molecule has 0 fully saturated rings. The van der Waals surface area contributed by atoms with Crippen LogP contribution in [0.1, 0.15) is 50.2 Å². The summed E-state index contributed by atoms with van der Waals surface area (Å²) in [4.78, 5) is 11.1. The first-order chi connectivity index (χ1) is 9.19. The first-order valence-corrected chi connectivity index (χ1v) is 6.90. The summed E-state index contributed by atoms with van der Waals surface area (Å²) < 4.78 is 6.01. The molecule has 0 unspecified atom stereocenters. The van der Waals surface area contributed by atoms with Gasteiger partial charge in [0.25, 0.3) is 0 Å². The van der Waals surface area contributed by atoms with Gasteiger partial charge in [-0.15, -0.1) is 0 Å². The van der Waals surface area contributed by atoms with Crippen molar-refractivity contribution in [2.75, 3.05) is 0 Å². The molecule has 0 atom stereocenters.